The third kappa shape index (κ3) is 3.27. The normalized spacial score (nSPS) is 24.1. The molecule has 2 aromatic rings. The number of aromatic nitrogens is 2. The minimum atomic E-state index is 0.179. The van der Waals surface area contributed by atoms with Crippen LogP contribution in [-0.4, -0.2) is 51.8 Å². The molecule has 1 aromatic carbocycles. The van der Waals surface area contributed by atoms with Crippen molar-refractivity contribution in [3.8, 4) is 0 Å². The Hall–Kier alpha value is -1.24. The Balaban J connectivity index is 1.41. The highest BCUT2D eigenvalue weighted by molar-refractivity contribution is 7.99. The van der Waals surface area contributed by atoms with Crippen LogP contribution < -0.4 is 0 Å². The third-order valence-electron chi connectivity index (χ3n) is 4.81. The largest absolute Gasteiger partial charge is 0.374 e. The van der Waals surface area contributed by atoms with Gasteiger partial charge in [-0.25, -0.2) is 4.98 Å². The summed E-state index contributed by atoms with van der Waals surface area (Å²) in [5, 5.41) is 1.43. The fourth-order valence-corrected chi connectivity index (χ4v) is 4.59. The molecule has 1 saturated heterocycles. The number of H-pyrrole nitrogens is 1. The van der Waals surface area contributed by atoms with Crippen LogP contribution in [0.5, 0.6) is 0 Å². The standard InChI is InChI=1S/C17H20ClN3O2S/c18-11-5-6-12-13(9-11)20-17(19-12)24-10-16(22)21-7-8-23-15-4-2-1-3-14(15)21/h5-6,9,14-15H,1-4,7-8,10H2,(H,19,20)/t14-,15-/m1/s1. The lowest BCUT2D eigenvalue weighted by molar-refractivity contribution is -0.146. The highest BCUT2D eigenvalue weighted by Crippen LogP contribution is 2.29. The van der Waals surface area contributed by atoms with Gasteiger partial charge in [0.05, 0.1) is 35.5 Å². The van der Waals surface area contributed by atoms with Crippen molar-refractivity contribution in [2.75, 3.05) is 18.9 Å². The molecule has 1 aliphatic heterocycles. The Bertz CT molecular complexity index is 749. The second kappa shape index (κ2) is 6.94. The smallest absolute Gasteiger partial charge is 0.233 e. The van der Waals surface area contributed by atoms with E-state index in [0.29, 0.717) is 23.9 Å². The molecule has 0 radical (unpaired) electrons. The number of nitrogens with one attached hydrogen (secondary N) is 1. The number of rotatable bonds is 3. The van der Waals surface area contributed by atoms with E-state index in [1.54, 1.807) is 0 Å². The van der Waals surface area contributed by atoms with Gasteiger partial charge in [0, 0.05) is 11.6 Å². The molecule has 1 amide bonds. The second-order valence-electron chi connectivity index (χ2n) is 6.34. The van der Waals surface area contributed by atoms with Crippen LogP contribution in [0.3, 0.4) is 0 Å². The molecule has 0 unspecified atom stereocenters. The number of hydrogen-bond acceptors (Lipinski definition) is 4. The van der Waals surface area contributed by atoms with Crippen molar-refractivity contribution in [3.05, 3.63) is 23.2 Å². The number of amides is 1. The van der Waals surface area contributed by atoms with E-state index in [-0.39, 0.29) is 18.1 Å². The van der Waals surface area contributed by atoms with Gasteiger partial charge in [0.1, 0.15) is 0 Å². The predicted octanol–water partition coefficient (Wildman–Crippen LogP) is 3.48. The van der Waals surface area contributed by atoms with Gasteiger partial charge in [0.2, 0.25) is 5.91 Å². The number of thioether (sulfide) groups is 1. The SMILES string of the molecule is O=C(CSc1nc2ccc(Cl)cc2[nH]1)N1CCO[C@@H]2CCCC[C@H]21. The van der Waals surface area contributed by atoms with Crippen LogP contribution in [-0.2, 0) is 9.53 Å². The molecule has 0 spiro atoms. The number of carbonyl (C=O) groups is 1. The van der Waals surface area contributed by atoms with Gasteiger partial charge in [0.15, 0.2) is 5.16 Å². The average Bonchev–Trinajstić information content (AvgIpc) is 3.01. The molecule has 1 aromatic heterocycles. The number of benzene rings is 1. The highest BCUT2D eigenvalue weighted by Gasteiger charge is 2.36. The van der Waals surface area contributed by atoms with E-state index in [9.17, 15) is 4.79 Å². The summed E-state index contributed by atoms with van der Waals surface area (Å²) < 4.78 is 5.84. The van der Waals surface area contributed by atoms with Crippen LogP contribution in [0.15, 0.2) is 23.4 Å². The van der Waals surface area contributed by atoms with E-state index in [1.807, 2.05) is 23.1 Å². The number of fused-ring (bicyclic) bond motifs is 2. The molecule has 5 nitrogen and oxygen atoms in total. The molecule has 2 aliphatic rings. The van der Waals surface area contributed by atoms with Crippen LogP contribution in [0.1, 0.15) is 25.7 Å². The van der Waals surface area contributed by atoms with Crippen LogP contribution in [0.4, 0.5) is 0 Å². The summed E-state index contributed by atoms with van der Waals surface area (Å²) in [6.07, 6.45) is 4.76. The molecule has 128 valence electrons. The van der Waals surface area contributed by atoms with Crippen molar-refractivity contribution in [2.24, 2.45) is 0 Å². The summed E-state index contributed by atoms with van der Waals surface area (Å²) >= 11 is 7.45. The van der Waals surface area contributed by atoms with Crippen LogP contribution in [0.25, 0.3) is 11.0 Å². The van der Waals surface area contributed by atoms with Crippen LogP contribution in [0, 0.1) is 0 Å². The van der Waals surface area contributed by atoms with Gasteiger partial charge in [0.25, 0.3) is 0 Å². The maximum absolute atomic E-state index is 12.7. The van der Waals surface area contributed by atoms with Crippen LogP contribution >= 0.6 is 23.4 Å². The van der Waals surface area contributed by atoms with Crippen molar-refractivity contribution in [1.29, 1.82) is 0 Å². The van der Waals surface area contributed by atoms with Gasteiger partial charge in [-0.1, -0.05) is 36.2 Å². The van der Waals surface area contributed by atoms with Crippen molar-refractivity contribution in [2.45, 2.75) is 43.0 Å². The van der Waals surface area contributed by atoms with Crippen molar-refractivity contribution >= 4 is 40.3 Å². The molecular formula is C17H20ClN3O2S. The number of morpholine rings is 1. The summed E-state index contributed by atoms with van der Waals surface area (Å²) in [4.78, 5) is 22.4. The summed E-state index contributed by atoms with van der Waals surface area (Å²) in [6, 6.07) is 5.82. The number of nitrogens with zero attached hydrogens (tertiary/aromatic N) is 2. The zero-order chi connectivity index (χ0) is 16.5. The fourth-order valence-electron chi connectivity index (χ4n) is 3.65. The lowest BCUT2D eigenvalue weighted by atomic mass is 9.90. The highest BCUT2D eigenvalue weighted by atomic mass is 35.5. The van der Waals surface area contributed by atoms with Gasteiger partial charge in [-0.2, -0.15) is 0 Å². The van der Waals surface area contributed by atoms with Crippen molar-refractivity contribution in [3.63, 3.8) is 0 Å². The molecule has 2 atom stereocenters. The molecule has 24 heavy (non-hydrogen) atoms. The second-order valence-corrected chi connectivity index (χ2v) is 7.74. The summed E-state index contributed by atoms with van der Waals surface area (Å²) in [7, 11) is 0. The Labute approximate surface area is 150 Å². The third-order valence-corrected chi connectivity index (χ3v) is 5.90. The van der Waals surface area contributed by atoms with E-state index in [0.717, 1.165) is 29.0 Å². The molecule has 2 heterocycles. The minimum Gasteiger partial charge on any atom is -0.374 e. The lowest BCUT2D eigenvalue weighted by Gasteiger charge is -2.43. The molecule has 4 rings (SSSR count). The summed E-state index contributed by atoms with van der Waals surface area (Å²) in [6.45, 7) is 1.36. The molecule has 0 bridgehead atoms. The summed E-state index contributed by atoms with van der Waals surface area (Å²) in [5.41, 5.74) is 1.77. The Morgan fingerprint density at radius 1 is 1.42 bits per heavy atom. The first-order chi connectivity index (χ1) is 11.7. The Morgan fingerprint density at radius 3 is 3.21 bits per heavy atom. The van der Waals surface area contributed by atoms with E-state index >= 15 is 0 Å². The molecule has 7 heteroatoms. The Morgan fingerprint density at radius 2 is 2.29 bits per heavy atom. The van der Waals surface area contributed by atoms with Crippen LogP contribution in [0.2, 0.25) is 5.02 Å². The Kier molecular flexibility index (Phi) is 4.70. The minimum absolute atomic E-state index is 0.179. The number of ether oxygens (including phenoxy) is 1. The number of hydrogen-bond donors (Lipinski definition) is 1. The van der Waals surface area contributed by atoms with Gasteiger partial charge in [-0.15, -0.1) is 0 Å². The average molecular weight is 366 g/mol. The van der Waals surface area contributed by atoms with Crippen molar-refractivity contribution in [1.82, 2.24) is 14.9 Å². The van der Waals surface area contributed by atoms with Gasteiger partial charge in [-0.3, -0.25) is 4.79 Å². The maximum Gasteiger partial charge on any atom is 0.233 e. The first-order valence-electron chi connectivity index (χ1n) is 8.40. The number of imidazole rings is 1. The molecule has 1 N–H and O–H groups in total. The topological polar surface area (TPSA) is 58.2 Å². The molecule has 2 fully saturated rings. The van der Waals surface area contributed by atoms with Gasteiger partial charge >= 0.3 is 0 Å². The van der Waals surface area contributed by atoms with E-state index < -0.39 is 0 Å². The first-order valence-corrected chi connectivity index (χ1v) is 9.76. The first kappa shape index (κ1) is 16.2. The van der Waals surface area contributed by atoms with E-state index in [1.165, 1.54) is 24.6 Å². The fraction of sp³-hybridized carbons (Fsp3) is 0.529. The monoisotopic (exact) mass is 365 g/mol. The van der Waals surface area contributed by atoms with Crippen molar-refractivity contribution < 1.29 is 9.53 Å². The van der Waals surface area contributed by atoms with E-state index in [2.05, 4.69) is 9.97 Å². The maximum atomic E-state index is 12.7. The number of carbonyl (C=O) groups excluding carboxylic acids is 1. The lowest BCUT2D eigenvalue weighted by Crippen LogP contribution is -2.55. The van der Waals surface area contributed by atoms with E-state index in [4.69, 9.17) is 16.3 Å². The zero-order valence-corrected chi connectivity index (χ0v) is 14.9. The van der Waals surface area contributed by atoms with Gasteiger partial charge < -0.3 is 14.6 Å². The quantitative estimate of drug-likeness (QED) is 0.846. The molecule has 1 aliphatic carbocycles. The van der Waals surface area contributed by atoms with Gasteiger partial charge in [-0.05, 0) is 31.0 Å². The molecule has 1 saturated carbocycles. The summed E-state index contributed by atoms with van der Waals surface area (Å²) in [5.74, 6) is 0.579. The number of halogens is 1. The predicted molar refractivity (Wildman–Crippen MR) is 95.5 cm³/mol. The number of aromatic amines is 1. The zero-order valence-electron chi connectivity index (χ0n) is 13.3. The molecular weight excluding hydrogens is 346 g/mol.